The monoisotopic (exact) mass is 507 g/mol. The van der Waals surface area contributed by atoms with E-state index in [4.69, 9.17) is 9.94 Å². The van der Waals surface area contributed by atoms with Crippen LogP contribution in [0.1, 0.15) is 93.4 Å². The molecule has 0 aliphatic carbocycles. The summed E-state index contributed by atoms with van der Waals surface area (Å²) >= 11 is 0. The van der Waals surface area contributed by atoms with Crippen molar-refractivity contribution in [1.82, 2.24) is 5.06 Å². The van der Waals surface area contributed by atoms with Crippen LogP contribution >= 0.6 is 0 Å². The van der Waals surface area contributed by atoms with Crippen molar-refractivity contribution < 1.29 is 27.9 Å². The average Bonchev–Trinajstić information content (AvgIpc) is 2.84. The van der Waals surface area contributed by atoms with Crippen molar-refractivity contribution in [3.8, 4) is 0 Å². The van der Waals surface area contributed by atoms with Crippen LogP contribution in [0.2, 0.25) is 0 Å². The van der Waals surface area contributed by atoms with Gasteiger partial charge in [-0.1, -0.05) is 101 Å². The van der Waals surface area contributed by atoms with E-state index in [9.17, 15) is 18.0 Å². The van der Waals surface area contributed by atoms with Gasteiger partial charge >= 0.3 is 12.1 Å². The maximum Gasteiger partial charge on any atom is 0.416 e. The fraction of sp³-hybridized carbons (Fsp3) is 0.552. The lowest BCUT2D eigenvalue weighted by Crippen LogP contribution is -2.26. The van der Waals surface area contributed by atoms with E-state index >= 15 is 0 Å². The second kappa shape index (κ2) is 16.4. The SMILES string of the molecule is CCCCCCCCCCCCc1ccc(CN(Cc2ccc(C(F)(F)F)cc2)OCC(=O)O)cc1. The second-order valence-electron chi connectivity index (χ2n) is 9.41. The molecule has 0 aliphatic rings. The fourth-order valence-electron chi connectivity index (χ4n) is 4.13. The summed E-state index contributed by atoms with van der Waals surface area (Å²) in [5, 5.41) is 10.4. The summed E-state index contributed by atoms with van der Waals surface area (Å²) in [6.07, 6.45) is 9.70. The molecular formula is C29H40F3NO3. The number of rotatable bonds is 18. The van der Waals surface area contributed by atoms with E-state index in [0.29, 0.717) is 12.1 Å². The second-order valence-corrected chi connectivity index (χ2v) is 9.41. The molecule has 36 heavy (non-hydrogen) atoms. The Hall–Kier alpha value is -2.38. The van der Waals surface area contributed by atoms with Crippen molar-refractivity contribution >= 4 is 5.97 Å². The third kappa shape index (κ3) is 12.5. The number of carboxylic acid groups (broad SMARTS) is 1. The van der Waals surface area contributed by atoms with Gasteiger partial charge in [-0.05, 0) is 41.7 Å². The molecule has 0 radical (unpaired) electrons. The topological polar surface area (TPSA) is 49.8 Å². The quantitative estimate of drug-likeness (QED) is 0.163. The third-order valence-electron chi connectivity index (χ3n) is 6.21. The van der Waals surface area contributed by atoms with Gasteiger partial charge in [0.15, 0.2) is 6.61 Å². The number of benzene rings is 2. The number of aliphatic carboxylic acids is 1. The van der Waals surface area contributed by atoms with Gasteiger partial charge in [-0.25, -0.2) is 4.79 Å². The summed E-state index contributed by atoms with van der Waals surface area (Å²) in [6, 6.07) is 13.0. The molecule has 2 aromatic rings. The predicted octanol–water partition coefficient (Wildman–Crippen LogP) is 8.19. The zero-order valence-corrected chi connectivity index (χ0v) is 21.4. The number of unbranched alkanes of at least 4 members (excludes halogenated alkanes) is 9. The highest BCUT2D eigenvalue weighted by Gasteiger charge is 2.30. The zero-order chi connectivity index (χ0) is 26.2. The van der Waals surface area contributed by atoms with Crippen molar-refractivity contribution in [1.29, 1.82) is 0 Å². The molecule has 0 fully saturated rings. The van der Waals surface area contributed by atoms with Crippen LogP contribution in [0.3, 0.4) is 0 Å². The summed E-state index contributed by atoms with van der Waals surface area (Å²) < 4.78 is 38.4. The minimum Gasteiger partial charge on any atom is -0.479 e. The number of aryl methyl sites for hydroxylation is 1. The van der Waals surface area contributed by atoms with Gasteiger partial charge in [0, 0.05) is 13.1 Å². The lowest BCUT2D eigenvalue weighted by Gasteiger charge is -2.21. The Morgan fingerprint density at radius 3 is 1.67 bits per heavy atom. The first-order valence-electron chi connectivity index (χ1n) is 13.1. The third-order valence-corrected chi connectivity index (χ3v) is 6.21. The molecule has 2 aromatic carbocycles. The Labute approximate surface area is 213 Å². The van der Waals surface area contributed by atoms with Crippen LogP contribution in [-0.4, -0.2) is 22.7 Å². The summed E-state index contributed by atoms with van der Waals surface area (Å²) in [6.45, 7) is 2.22. The number of hydroxylamine groups is 2. The van der Waals surface area contributed by atoms with Crippen LogP contribution in [0.15, 0.2) is 48.5 Å². The van der Waals surface area contributed by atoms with Gasteiger partial charge in [0.1, 0.15) is 0 Å². The van der Waals surface area contributed by atoms with E-state index in [1.807, 2.05) is 12.1 Å². The Morgan fingerprint density at radius 1 is 0.750 bits per heavy atom. The molecule has 0 amide bonds. The van der Waals surface area contributed by atoms with Gasteiger partial charge in [0.2, 0.25) is 0 Å². The molecule has 4 nitrogen and oxygen atoms in total. The van der Waals surface area contributed by atoms with Crippen molar-refractivity contribution in [3.05, 3.63) is 70.8 Å². The summed E-state index contributed by atoms with van der Waals surface area (Å²) in [4.78, 5) is 16.4. The van der Waals surface area contributed by atoms with Crippen LogP contribution in [-0.2, 0) is 35.3 Å². The highest BCUT2D eigenvalue weighted by molar-refractivity contribution is 5.67. The first kappa shape index (κ1) is 29.8. The van der Waals surface area contributed by atoms with E-state index in [2.05, 4.69) is 19.1 Å². The van der Waals surface area contributed by atoms with Gasteiger partial charge < -0.3 is 5.11 Å². The maximum absolute atomic E-state index is 12.8. The number of carboxylic acids is 1. The zero-order valence-electron chi connectivity index (χ0n) is 21.4. The first-order chi connectivity index (χ1) is 17.3. The largest absolute Gasteiger partial charge is 0.479 e. The molecule has 0 aliphatic heterocycles. The minimum absolute atomic E-state index is 0.172. The van der Waals surface area contributed by atoms with Crippen molar-refractivity contribution in [2.24, 2.45) is 0 Å². The molecule has 0 saturated heterocycles. The van der Waals surface area contributed by atoms with Gasteiger partial charge in [-0.2, -0.15) is 18.2 Å². The number of hydrogen-bond donors (Lipinski definition) is 1. The van der Waals surface area contributed by atoms with Crippen molar-refractivity contribution in [2.75, 3.05) is 6.61 Å². The van der Waals surface area contributed by atoms with Gasteiger partial charge in [-0.3, -0.25) is 4.84 Å². The molecule has 0 spiro atoms. The lowest BCUT2D eigenvalue weighted by molar-refractivity contribution is -0.190. The number of halogens is 3. The molecule has 200 valence electrons. The summed E-state index contributed by atoms with van der Waals surface area (Å²) in [5.41, 5.74) is 2.09. The van der Waals surface area contributed by atoms with Crippen LogP contribution in [0, 0.1) is 0 Å². The van der Waals surface area contributed by atoms with Gasteiger partial charge in [0.05, 0.1) is 5.56 Å². The van der Waals surface area contributed by atoms with E-state index in [1.54, 1.807) is 0 Å². The molecule has 0 aromatic heterocycles. The molecule has 1 N–H and O–H groups in total. The molecule has 0 bridgehead atoms. The Morgan fingerprint density at radius 2 is 1.19 bits per heavy atom. The molecule has 2 rings (SSSR count). The predicted molar refractivity (Wildman–Crippen MR) is 136 cm³/mol. The van der Waals surface area contributed by atoms with Crippen LogP contribution in [0.5, 0.6) is 0 Å². The Kier molecular flexibility index (Phi) is 13.6. The number of carbonyl (C=O) groups is 1. The Balaban J connectivity index is 1.78. The molecule has 0 saturated carbocycles. The van der Waals surface area contributed by atoms with E-state index in [1.165, 1.54) is 80.5 Å². The molecular weight excluding hydrogens is 467 g/mol. The summed E-state index contributed by atoms with van der Waals surface area (Å²) in [7, 11) is 0. The van der Waals surface area contributed by atoms with Crippen molar-refractivity contribution in [2.45, 2.75) is 96.8 Å². The van der Waals surface area contributed by atoms with Gasteiger partial charge in [0.25, 0.3) is 0 Å². The normalized spacial score (nSPS) is 11.8. The van der Waals surface area contributed by atoms with Crippen molar-refractivity contribution in [3.63, 3.8) is 0 Å². The minimum atomic E-state index is -4.40. The molecule has 0 unspecified atom stereocenters. The van der Waals surface area contributed by atoms with Crippen LogP contribution < -0.4 is 0 Å². The lowest BCUT2D eigenvalue weighted by atomic mass is 10.0. The smallest absolute Gasteiger partial charge is 0.416 e. The van der Waals surface area contributed by atoms with E-state index in [-0.39, 0.29) is 6.54 Å². The van der Waals surface area contributed by atoms with E-state index in [0.717, 1.165) is 30.5 Å². The standard InChI is InChI=1S/C29H40F3NO3/c1-2-3-4-5-6-7-8-9-10-11-12-24-13-15-25(16-14-24)21-33(36-23-28(34)35)22-26-17-19-27(20-18-26)29(30,31)32/h13-20H,2-12,21-23H2,1H3,(H,34,35). The number of nitrogens with zero attached hydrogens (tertiary/aromatic N) is 1. The number of alkyl halides is 3. The Bertz CT molecular complexity index is 867. The summed E-state index contributed by atoms with van der Waals surface area (Å²) in [5.74, 6) is -1.11. The highest BCUT2D eigenvalue weighted by Crippen LogP contribution is 2.29. The maximum atomic E-state index is 12.8. The number of hydrogen-bond acceptors (Lipinski definition) is 3. The van der Waals surface area contributed by atoms with Crippen LogP contribution in [0.25, 0.3) is 0 Å². The molecule has 0 atom stereocenters. The van der Waals surface area contributed by atoms with E-state index < -0.39 is 24.3 Å². The van der Waals surface area contributed by atoms with Gasteiger partial charge in [-0.15, -0.1) is 0 Å². The first-order valence-corrected chi connectivity index (χ1v) is 13.1. The molecule has 7 heteroatoms. The van der Waals surface area contributed by atoms with Crippen LogP contribution in [0.4, 0.5) is 13.2 Å². The highest BCUT2D eigenvalue weighted by atomic mass is 19.4. The fourth-order valence-corrected chi connectivity index (χ4v) is 4.13. The average molecular weight is 508 g/mol. The molecule has 0 heterocycles.